The molecule has 16 heavy (non-hydrogen) atoms. The highest BCUT2D eigenvalue weighted by atomic mass is 35.5. The summed E-state index contributed by atoms with van der Waals surface area (Å²) in [6.45, 7) is -3.19. The molecule has 2 N–H and O–H groups in total. The first-order chi connectivity index (χ1) is 7.21. The van der Waals surface area contributed by atoms with Crippen LogP contribution in [0.2, 0.25) is 5.02 Å². The number of benzene rings is 1. The Labute approximate surface area is 91.7 Å². The van der Waals surface area contributed by atoms with Crippen LogP contribution in [0.25, 0.3) is 0 Å². The second kappa shape index (κ2) is 4.32. The van der Waals surface area contributed by atoms with Crippen molar-refractivity contribution in [2.24, 2.45) is 0 Å². The zero-order valence-electron chi connectivity index (χ0n) is 7.49. The molecule has 1 rings (SSSR count). The second-order valence-electron chi connectivity index (χ2n) is 2.75. The summed E-state index contributed by atoms with van der Waals surface area (Å²) in [7, 11) is 0. The van der Waals surface area contributed by atoms with Crippen LogP contribution in [0.5, 0.6) is 5.75 Å². The molecule has 2 nitrogen and oxygen atoms in total. The van der Waals surface area contributed by atoms with Crippen molar-refractivity contribution in [3.63, 3.8) is 0 Å². The quantitative estimate of drug-likeness (QED) is 0.653. The van der Waals surface area contributed by atoms with Gasteiger partial charge < -0.3 is 10.5 Å². The third-order valence-electron chi connectivity index (χ3n) is 1.63. The largest absolute Gasteiger partial charge is 0.433 e. The number of nitrogens with two attached hydrogens (primary N) is 1. The average Bonchev–Trinajstić information content (AvgIpc) is 2.07. The van der Waals surface area contributed by atoms with Gasteiger partial charge in [0.05, 0.1) is 10.6 Å². The first-order valence-corrected chi connectivity index (χ1v) is 4.20. The Morgan fingerprint density at radius 3 is 2.25 bits per heavy atom. The summed E-state index contributed by atoms with van der Waals surface area (Å²) >= 11 is 5.34. The van der Waals surface area contributed by atoms with Gasteiger partial charge in [-0.2, -0.15) is 22.0 Å². The number of halogens is 6. The summed E-state index contributed by atoms with van der Waals surface area (Å²) in [6.07, 6.45) is -4.70. The van der Waals surface area contributed by atoms with E-state index < -0.39 is 34.8 Å². The van der Waals surface area contributed by atoms with Crippen LogP contribution in [0, 0.1) is 0 Å². The molecule has 0 saturated carbocycles. The van der Waals surface area contributed by atoms with Crippen LogP contribution in [0.3, 0.4) is 0 Å². The van der Waals surface area contributed by atoms with E-state index in [1.807, 2.05) is 0 Å². The summed E-state index contributed by atoms with van der Waals surface area (Å²) in [5.41, 5.74) is 3.12. The number of hydrogen-bond acceptors (Lipinski definition) is 2. The molecular weight excluding hydrogens is 257 g/mol. The van der Waals surface area contributed by atoms with Crippen molar-refractivity contribution in [3.8, 4) is 5.75 Å². The Morgan fingerprint density at radius 1 is 1.25 bits per heavy atom. The minimum Gasteiger partial charge on any atom is -0.433 e. The van der Waals surface area contributed by atoms with E-state index in [-0.39, 0.29) is 0 Å². The van der Waals surface area contributed by atoms with Crippen molar-refractivity contribution < 1.29 is 26.7 Å². The van der Waals surface area contributed by atoms with Crippen LogP contribution in [0.4, 0.5) is 27.6 Å². The number of nitrogen functional groups attached to an aromatic ring is 1. The highest BCUT2D eigenvalue weighted by Gasteiger charge is 2.34. The number of rotatable bonds is 2. The predicted molar refractivity (Wildman–Crippen MR) is 47.5 cm³/mol. The lowest BCUT2D eigenvalue weighted by Crippen LogP contribution is -2.10. The molecular formula is C8H5ClF5NO. The molecule has 8 heteroatoms. The van der Waals surface area contributed by atoms with E-state index >= 15 is 0 Å². The molecule has 0 saturated heterocycles. The Balaban J connectivity index is 3.17. The van der Waals surface area contributed by atoms with Crippen molar-refractivity contribution >= 4 is 17.3 Å². The molecule has 1 aromatic rings. The van der Waals surface area contributed by atoms with Gasteiger partial charge in [-0.25, -0.2) is 0 Å². The summed E-state index contributed by atoms with van der Waals surface area (Å²) in [4.78, 5) is 0. The van der Waals surface area contributed by atoms with Crippen LogP contribution in [-0.2, 0) is 6.18 Å². The number of ether oxygens (including phenoxy) is 1. The molecule has 0 amide bonds. The Bertz CT molecular complexity index is 393. The molecule has 0 radical (unpaired) electrons. The number of anilines is 1. The van der Waals surface area contributed by atoms with Crippen LogP contribution in [-0.4, -0.2) is 6.61 Å². The summed E-state index contributed by atoms with van der Waals surface area (Å²) in [6, 6.07) is 1.05. The molecule has 0 aliphatic rings. The van der Waals surface area contributed by atoms with E-state index in [0.717, 1.165) is 0 Å². The van der Waals surface area contributed by atoms with Gasteiger partial charge in [-0.05, 0) is 6.07 Å². The molecule has 1 aromatic carbocycles. The lowest BCUT2D eigenvalue weighted by molar-refractivity contribution is -0.136. The minimum absolute atomic E-state index is 0.439. The van der Waals surface area contributed by atoms with Gasteiger partial charge in [0.15, 0.2) is 0 Å². The van der Waals surface area contributed by atoms with Gasteiger partial charge in [-0.3, -0.25) is 0 Å². The SMILES string of the molecule is Nc1cc(OC(F)F)c(Cl)cc1C(F)(F)F. The zero-order chi connectivity index (χ0) is 12.5. The maximum atomic E-state index is 12.3. The van der Waals surface area contributed by atoms with Crippen LogP contribution >= 0.6 is 11.6 Å². The van der Waals surface area contributed by atoms with Gasteiger partial charge in [0.2, 0.25) is 0 Å². The van der Waals surface area contributed by atoms with E-state index in [9.17, 15) is 22.0 Å². The van der Waals surface area contributed by atoms with E-state index in [1.165, 1.54) is 0 Å². The maximum absolute atomic E-state index is 12.3. The van der Waals surface area contributed by atoms with Gasteiger partial charge in [-0.15, -0.1) is 0 Å². The van der Waals surface area contributed by atoms with Crippen molar-refractivity contribution in [1.29, 1.82) is 0 Å². The first kappa shape index (κ1) is 12.8. The molecule has 0 aliphatic heterocycles. The average molecular weight is 262 g/mol. The monoisotopic (exact) mass is 261 g/mol. The fourth-order valence-electron chi connectivity index (χ4n) is 1.00. The molecule has 0 unspecified atom stereocenters. The van der Waals surface area contributed by atoms with E-state index in [1.54, 1.807) is 0 Å². The smallest absolute Gasteiger partial charge is 0.418 e. The predicted octanol–water partition coefficient (Wildman–Crippen LogP) is 3.54. The summed E-state index contributed by atoms with van der Waals surface area (Å²) < 4.78 is 64.4. The summed E-state index contributed by atoms with van der Waals surface area (Å²) in [5.74, 6) is -0.595. The van der Waals surface area contributed by atoms with Gasteiger partial charge in [0.1, 0.15) is 5.75 Å². The molecule has 0 fully saturated rings. The van der Waals surface area contributed by atoms with Crippen LogP contribution < -0.4 is 10.5 Å². The highest BCUT2D eigenvalue weighted by Crippen LogP contribution is 2.39. The van der Waals surface area contributed by atoms with Gasteiger partial charge in [-0.1, -0.05) is 11.6 Å². The van der Waals surface area contributed by atoms with Gasteiger partial charge in [0, 0.05) is 11.8 Å². The third-order valence-corrected chi connectivity index (χ3v) is 1.92. The van der Waals surface area contributed by atoms with Crippen molar-refractivity contribution in [2.45, 2.75) is 12.8 Å². The van der Waals surface area contributed by atoms with Crippen LogP contribution in [0.15, 0.2) is 12.1 Å². The second-order valence-corrected chi connectivity index (χ2v) is 3.15. The Morgan fingerprint density at radius 2 is 1.81 bits per heavy atom. The van der Waals surface area contributed by atoms with Gasteiger partial charge >= 0.3 is 12.8 Å². The lowest BCUT2D eigenvalue weighted by atomic mass is 10.1. The van der Waals surface area contributed by atoms with E-state index in [0.29, 0.717) is 12.1 Å². The molecule has 0 aromatic heterocycles. The molecule has 0 heterocycles. The highest BCUT2D eigenvalue weighted by molar-refractivity contribution is 6.32. The molecule has 0 atom stereocenters. The molecule has 0 bridgehead atoms. The molecule has 0 spiro atoms. The Hall–Kier alpha value is -1.24. The minimum atomic E-state index is -4.70. The Kier molecular flexibility index (Phi) is 3.47. The van der Waals surface area contributed by atoms with Crippen molar-refractivity contribution in [3.05, 3.63) is 22.7 Å². The van der Waals surface area contributed by atoms with E-state index in [4.69, 9.17) is 17.3 Å². The van der Waals surface area contributed by atoms with E-state index in [2.05, 4.69) is 4.74 Å². The van der Waals surface area contributed by atoms with Crippen LogP contribution in [0.1, 0.15) is 5.56 Å². The van der Waals surface area contributed by atoms with Crippen molar-refractivity contribution in [2.75, 3.05) is 5.73 Å². The normalized spacial score (nSPS) is 11.9. The third kappa shape index (κ3) is 2.88. The fourth-order valence-corrected chi connectivity index (χ4v) is 1.21. The van der Waals surface area contributed by atoms with Crippen molar-refractivity contribution in [1.82, 2.24) is 0 Å². The summed E-state index contributed by atoms with van der Waals surface area (Å²) in [5, 5.41) is -0.582. The number of alkyl halides is 5. The topological polar surface area (TPSA) is 35.2 Å². The molecule has 0 aliphatic carbocycles. The fraction of sp³-hybridized carbons (Fsp3) is 0.250. The first-order valence-electron chi connectivity index (χ1n) is 3.83. The van der Waals surface area contributed by atoms with Gasteiger partial charge in [0.25, 0.3) is 0 Å². The molecule has 90 valence electrons. The standard InChI is InChI=1S/C8H5ClF5NO/c9-4-1-3(8(12,13)14)5(15)2-6(4)16-7(10)11/h1-2,7H,15H2. The zero-order valence-corrected chi connectivity index (χ0v) is 8.24. The number of hydrogen-bond donors (Lipinski definition) is 1. The lowest BCUT2D eigenvalue weighted by Gasteiger charge is -2.13. The maximum Gasteiger partial charge on any atom is 0.418 e.